The summed E-state index contributed by atoms with van der Waals surface area (Å²) in [5, 5.41) is 2.79. The number of halogens is 1. The van der Waals surface area contributed by atoms with Crippen molar-refractivity contribution >= 4 is 17.7 Å². The highest BCUT2D eigenvalue weighted by atomic mass is 19.1. The summed E-state index contributed by atoms with van der Waals surface area (Å²) in [6.45, 7) is -0.477. The Morgan fingerprint density at radius 2 is 1.85 bits per heavy atom. The molecular weight excluding hydrogens is 335 g/mol. The number of nitrogens with zero attached hydrogens (tertiary/aromatic N) is 1. The molecular formula is C20H17FN2O3. The van der Waals surface area contributed by atoms with Gasteiger partial charge in [-0.25, -0.2) is 9.18 Å². The van der Waals surface area contributed by atoms with Crippen molar-refractivity contribution in [2.75, 3.05) is 6.54 Å². The number of hydrogen-bond acceptors (Lipinski definition) is 3. The molecule has 1 aliphatic carbocycles. The predicted molar refractivity (Wildman–Crippen MR) is 92.0 cm³/mol. The molecule has 4 rings (SSSR count). The quantitative estimate of drug-likeness (QED) is 0.682. The highest BCUT2D eigenvalue weighted by Crippen LogP contribution is 2.39. The molecule has 0 unspecified atom stereocenters. The zero-order valence-electron chi connectivity index (χ0n) is 14.0. The van der Waals surface area contributed by atoms with Crippen molar-refractivity contribution in [1.82, 2.24) is 10.2 Å². The van der Waals surface area contributed by atoms with E-state index in [1.54, 1.807) is 6.07 Å². The van der Waals surface area contributed by atoms with Crippen LogP contribution in [0.3, 0.4) is 0 Å². The monoisotopic (exact) mass is 352 g/mol. The van der Waals surface area contributed by atoms with Gasteiger partial charge in [-0.05, 0) is 42.5 Å². The molecule has 132 valence electrons. The Labute approximate surface area is 149 Å². The zero-order chi connectivity index (χ0) is 18.3. The molecule has 1 atom stereocenters. The number of urea groups is 1. The minimum Gasteiger partial charge on any atom is -0.319 e. The molecule has 1 fully saturated rings. The Kier molecular flexibility index (Phi) is 3.83. The van der Waals surface area contributed by atoms with Crippen LogP contribution in [0.15, 0.2) is 48.5 Å². The molecule has 6 heteroatoms. The van der Waals surface area contributed by atoms with Crippen molar-refractivity contribution in [3.63, 3.8) is 0 Å². The molecule has 2 aromatic carbocycles. The van der Waals surface area contributed by atoms with Gasteiger partial charge in [0, 0.05) is 0 Å². The Morgan fingerprint density at radius 3 is 2.65 bits per heavy atom. The number of amides is 3. The number of carbonyl (C=O) groups excluding carboxylic acids is 3. The van der Waals surface area contributed by atoms with E-state index < -0.39 is 35.6 Å². The highest BCUT2D eigenvalue weighted by molar-refractivity contribution is 6.11. The van der Waals surface area contributed by atoms with Crippen LogP contribution in [0.2, 0.25) is 0 Å². The molecule has 0 aromatic heterocycles. The SMILES string of the molecule is O=C(CN1C(=O)N[C@]2(CCCc3ccccc32)C1=O)c1ccccc1F. The van der Waals surface area contributed by atoms with Gasteiger partial charge in [0.15, 0.2) is 5.78 Å². The number of benzene rings is 2. The Hall–Kier alpha value is -3.02. The maximum Gasteiger partial charge on any atom is 0.325 e. The first-order valence-electron chi connectivity index (χ1n) is 8.53. The number of hydrogen-bond donors (Lipinski definition) is 1. The third-order valence-electron chi connectivity index (χ3n) is 5.13. The normalized spacial score (nSPS) is 21.7. The fraction of sp³-hybridized carbons (Fsp3) is 0.250. The molecule has 1 saturated heterocycles. The number of imide groups is 1. The van der Waals surface area contributed by atoms with Gasteiger partial charge < -0.3 is 5.32 Å². The number of Topliss-reactive ketones (excluding diaryl/α,β-unsaturated/α-hetero) is 1. The summed E-state index contributed by atoms with van der Waals surface area (Å²) in [6, 6.07) is 12.5. The lowest BCUT2D eigenvalue weighted by Crippen LogP contribution is -2.46. The van der Waals surface area contributed by atoms with E-state index in [0.717, 1.165) is 28.9 Å². The van der Waals surface area contributed by atoms with E-state index >= 15 is 0 Å². The number of fused-ring (bicyclic) bond motifs is 2. The summed E-state index contributed by atoms with van der Waals surface area (Å²) in [5.74, 6) is -1.71. The Morgan fingerprint density at radius 1 is 1.12 bits per heavy atom. The lowest BCUT2D eigenvalue weighted by Gasteiger charge is -2.33. The van der Waals surface area contributed by atoms with Crippen LogP contribution in [0.5, 0.6) is 0 Å². The van der Waals surface area contributed by atoms with E-state index in [1.807, 2.05) is 24.3 Å². The van der Waals surface area contributed by atoms with Gasteiger partial charge in [-0.2, -0.15) is 0 Å². The molecule has 5 nitrogen and oxygen atoms in total. The average Bonchev–Trinajstić information content (AvgIpc) is 2.87. The number of aryl methyl sites for hydroxylation is 1. The third kappa shape index (κ3) is 2.41. The first kappa shape index (κ1) is 16.4. The highest BCUT2D eigenvalue weighted by Gasteiger charge is 2.54. The molecule has 1 aliphatic heterocycles. The minimum absolute atomic E-state index is 0.127. The number of ketones is 1. The van der Waals surface area contributed by atoms with E-state index in [1.165, 1.54) is 18.2 Å². The third-order valence-corrected chi connectivity index (χ3v) is 5.13. The molecule has 0 saturated carbocycles. The van der Waals surface area contributed by atoms with E-state index in [4.69, 9.17) is 0 Å². The fourth-order valence-electron chi connectivity index (χ4n) is 3.87. The average molecular weight is 352 g/mol. The summed E-state index contributed by atoms with van der Waals surface area (Å²) >= 11 is 0. The van der Waals surface area contributed by atoms with Gasteiger partial charge in [-0.15, -0.1) is 0 Å². The molecule has 0 bridgehead atoms. The van der Waals surface area contributed by atoms with Gasteiger partial charge in [0.2, 0.25) is 0 Å². The van der Waals surface area contributed by atoms with Crippen LogP contribution in [0.25, 0.3) is 0 Å². The zero-order valence-corrected chi connectivity index (χ0v) is 14.0. The van der Waals surface area contributed by atoms with Gasteiger partial charge >= 0.3 is 6.03 Å². The second kappa shape index (κ2) is 6.05. The summed E-state index contributed by atoms with van der Waals surface area (Å²) in [6.07, 6.45) is 2.09. The molecule has 2 aromatic rings. The van der Waals surface area contributed by atoms with E-state index in [-0.39, 0.29) is 5.56 Å². The lowest BCUT2D eigenvalue weighted by atomic mass is 9.76. The summed E-state index contributed by atoms with van der Waals surface area (Å²) < 4.78 is 13.8. The predicted octanol–water partition coefficient (Wildman–Crippen LogP) is 2.79. The van der Waals surface area contributed by atoms with Gasteiger partial charge in [0.25, 0.3) is 5.91 Å². The van der Waals surface area contributed by atoms with Crippen LogP contribution in [0.4, 0.5) is 9.18 Å². The summed E-state index contributed by atoms with van der Waals surface area (Å²) in [4.78, 5) is 38.9. The van der Waals surface area contributed by atoms with Gasteiger partial charge in [-0.3, -0.25) is 14.5 Å². The van der Waals surface area contributed by atoms with Crippen molar-refractivity contribution in [2.45, 2.75) is 24.8 Å². The second-order valence-electron chi connectivity index (χ2n) is 6.64. The van der Waals surface area contributed by atoms with E-state index in [9.17, 15) is 18.8 Å². The topological polar surface area (TPSA) is 66.5 Å². The van der Waals surface area contributed by atoms with Crippen molar-refractivity contribution < 1.29 is 18.8 Å². The molecule has 26 heavy (non-hydrogen) atoms. The van der Waals surface area contributed by atoms with Crippen LogP contribution < -0.4 is 5.32 Å². The summed E-state index contributed by atoms with van der Waals surface area (Å²) in [7, 11) is 0. The molecule has 1 spiro atoms. The molecule has 1 heterocycles. The summed E-state index contributed by atoms with van der Waals surface area (Å²) in [5.41, 5.74) is 0.555. The maximum absolute atomic E-state index is 13.8. The fourth-order valence-corrected chi connectivity index (χ4v) is 3.87. The van der Waals surface area contributed by atoms with E-state index in [0.29, 0.717) is 6.42 Å². The van der Waals surface area contributed by atoms with Crippen LogP contribution >= 0.6 is 0 Å². The van der Waals surface area contributed by atoms with Crippen LogP contribution in [-0.4, -0.2) is 29.2 Å². The van der Waals surface area contributed by atoms with Crippen molar-refractivity contribution in [3.05, 3.63) is 71.0 Å². The van der Waals surface area contributed by atoms with Crippen molar-refractivity contribution in [1.29, 1.82) is 0 Å². The van der Waals surface area contributed by atoms with Gasteiger partial charge in [-0.1, -0.05) is 36.4 Å². The molecule has 3 amide bonds. The first-order valence-corrected chi connectivity index (χ1v) is 8.53. The lowest BCUT2D eigenvalue weighted by molar-refractivity contribution is -0.131. The van der Waals surface area contributed by atoms with Gasteiger partial charge in [0.1, 0.15) is 11.4 Å². The molecule has 0 radical (unpaired) electrons. The molecule has 1 N–H and O–H groups in total. The number of nitrogens with one attached hydrogen (secondary N) is 1. The van der Waals surface area contributed by atoms with Crippen LogP contribution in [-0.2, 0) is 16.8 Å². The van der Waals surface area contributed by atoms with Crippen LogP contribution in [0.1, 0.15) is 34.3 Å². The van der Waals surface area contributed by atoms with Crippen molar-refractivity contribution in [3.8, 4) is 0 Å². The number of carbonyl (C=O) groups is 3. The standard InChI is InChI=1S/C20H17FN2O3/c21-16-10-4-2-8-14(16)17(24)12-23-18(25)20(22-19(23)26)11-5-7-13-6-1-3-9-15(13)20/h1-4,6,8-10H,5,7,11-12H2,(H,22,26)/t20-/m0/s1. The van der Waals surface area contributed by atoms with E-state index in [2.05, 4.69) is 5.32 Å². The first-order chi connectivity index (χ1) is 12.5. The number of rotatable bonds is 3. The minimum atomic E-state index is -1.12. The largest absolute Gasteiger partial charge is 0.325 e. The van der Waals surface area contributed by atoms with Crippen LogP contribution in [0, 0.1) is 5.82 Å². The maximum atomic E-state index is 13.8. The Bertz CT molecular complexity index is 927. The second-order valence-corrected chi connectivity index (χ2v) is 6.64. The van der Waals surface area contributed by atoms with Crippen molar-refractivity contribution in [2.24, 2.45) is 0 Å². The molecule has 2 aliphatic rings. The Balaban J connectivity index is 1.65. The van der Waals surface area contributed by atoms with Gasteiger partial charge in [0.05, 0.1) is 12.1 Å². The smallest absolute Gasteiger partial charge is 0.319 e.